The van der Waals surface area contributed by atoms with Crippen molar-refractivity contribution in [1.29, 1.82) is 0 Å². The molecule has 2 heterocycles. The molecule has 2 amide bonds. The topological polar surface area (TPSA) is 65.2 Å². The third kappa shape index (κ3) is 3.85. The van der Waals surface area contributed by atoms with Crippen LogP contribution >= 0.6 is 0 Å². The summed E-state index contributed by atoms with van der Waals surface area (Å²) < 4.78 is 42.2. The number of nitrogens with one attached hydrogen (secondary N) is 2. The standard InChI is InChI=1S/C26H26F3N3O2/c1-2-30-25(33)21-4-3-9-32(21)26(34)16-10-15(11-16)22-19-12-18(28)13-20(29)24(19)31-23(22)14-5-7-17(27)8-6-14/h5-8,12-13,15-16,21,31H,2-4,9-11H2,1H3,(H,30,33)/t15?,16?,21-/m0/s1. The Morgan fingerprint density at radius 2 is 1.82 bits per heavy atom. The molecule has 1 saturated carbocycles. The summed E-state index contributed by atoms with van der Waals surface area (Å²) in [4.78, 5) is 30.3. The molecule has 2 aromatic carbocycles. The molecule has 2 N–H and O–H groups in total. The predicted octanol–water partition coefficient (Wildman–Crippen LogP) is 4.87. The fourth-order valence-electron chi connectivity index (χ4n) is 5.39. The van der Waals surface area contributed by atoms with Crippen LogP contribution in [-0.4, -0.2) is 40.8 Å². The highest BCUT2D eigenvalue weighted by molar-refractivity contribution is 5.93. The van der Waals surface area contributed by atoms with Crippen LogP contribution in [0.5, 0.6) is 0 Å². The molecule has 0 unspecified atom stereocenters. The fraction of sp³-hybridized carbons (Fsp3) is 0.385. The lowest BCUT2D eigenvalue weighted by molar-refractivity contribution is -0.144. The Balaban J connectivity index is 1.43. The number of likely N-dealkylation sites (tertiary alicyclic amines) is 1. The van der Waals surface area contributed by atoms with Crippen LogP contribution in [0.4, 0.5) is 13.2 Å². The molecule has 34 heavy (non-hydrogen) atoms. The zero-order valence-electron chi connectivity index (χ0n) is 18.8. The number of nitrogens with zero attached hydrogens (tertiary/aromatic N) is 1. The predicted molar refractivity (Wildman–Crippen MR) is 122 cm³/mol. The second-order valence-corrected chi connectivity index (χ2v) is 9.18. The lowest BCUT2D eigenvalue weighted by Gasteiger charge is -2.38. The zero-order chi connectivity index (χ0) is 24.0. The van der Waals surface area contributed by atoms with Crippen LogP contribution in [0.15, 0.2) is 36.4 Å². The van der Waals surface area contributed by atoms with Gasteiger partial charge in [0.05, 0.1) is 11.2 Å². The molecule has 5 rings (SSSR count). The average molecular weight is 470 g/mol. The Morgan fingerprint density at radius 1 is 1.09 bits per heavy atom. The summed E-state index contributed by atoms with van der Waals surface area (Å²) in [6, 6.07) is 7.54. The van der Waals surface area contributed by atoms with E-state index in [4.69, 9.17) is 0 Å². The summed E-state index contributed by atoms with van der Waals surface area (Å²) in [5.41, 5.74) is 2.21. The largest absolute Gasteiger partial charge is 0.355 e. The molecule has 0 bridgehead atoms. The van der Waals surface area contributed by atoms with Crippen molar-refractivity contribution in [2.45, 2.75) is 44.6 Å². The summed E-state index contributed by atoms with van der Waals surface area (Å²) in [7, 11) is 0. The minimum Gasteiger partial charge on any atom is -0.355 e. The van der Waals surface area contributed by atoms with E-state index in [1.54, 1.807) is 17.0 Å². The first kappa shape index (κ1) is 22.5. The summed E-state index contributed by atoms with van der Waals surface area (Å²) in [6.45, 7) is 2.93. The maximum absolute atomic E-state index is 14.6. The Kier molecular flexibility index (Phi) is 5.83. The molecule has 178 valence electrons. The van der Waals surface area contributed by atoms with Crippen LogP contribution in [0.1, 0.15) is 44.1 Å². The van der Waals surface area contributed by atoms with Gasteiger partial charge in [0.25, 0.3) is 0 Å². The number of fused-ring (bicyclic) bond motifs is 1. The number of rotatable bonds is 5. The first-order valence-corrected chi connectivity index (χ1v) is 11.7. The molecule has 2 fully saturated rings. The summed E-state index contributed by atoms with van der Waals surface area (Å²) >= 11 is 0. The number of benzene rings is 2. The molecule has 1 atom stereocenters. The number of amides is 2. The molecule has 1 aliphatic carbocycles. The Morgan fingerprint density at radius 3 is 2.53 bits per heavy atom. The van der Waals surface area contributed by atoms with E-state index in [0.29, 0.717) is 49.0 Å². The quantitative estimate of drug-likeness (QED) is 0.560. The third-order valence-corrected chi connectivity index (χ3v) is 7.08. The van der Waals surface area contributed by atoms with Crippen LogP contribution in [0, 0.1) is 23.4 Å². The minimum absolute atomic E-state index is 0.0365. The van der Waals surface area contributed by atoms with Crippen LogP contribution < -0.4 is 5.32 Å². The van der Waals surface area contributed by atoms with Gasteiger partial charge < -0.3 is 15.2 Å². The Bertz CT molecular complexity index is 1250. The van der Waals surface area contributed by atoms with Crippen LogP contribution in [0.25, 0.3) is 22.2 Å². The van der Waals surface area contributed by atoms with Gasteiger partial charge in [-0.15, -0.1) is 0 Å². The van der Waals surface area contributed by atoms with E-state index in [1.807, 2.05) is 6.92 Å². The van der Waals surface area contributed by atoms with Crippen molar-refractivity contribution in [2.75, 3.05) is 13.1 Å². The van der Waals surface area contributed by atoms with Crippen molar-refractivity contribution in [3.8, 4) is 11.3 Å². The Labute approximate surface area is 195 Å². The average Bonchev–Trinajstić information content (AvgIpc) is 3.39. The van der Waals surface area contributed by atoms with Crippen LogP contribution in [0.2, 0.25) is 0 Å². The van der Waals surface area contributed by atoms with E-state index in [-0.39, 0.29) is 35.0 Å². The van der Waals surface area contributed by atoms with Gasteiger partial charge in [-0.25, -0.2) is 13.2 Å². The molecule has 0 spiro atoms. The molecule has 3 aromatic rings. The normalized spacial score (nSPS) is 22.1. The molecule has 1 saturated heterocycles. The van der Waals surface area contributed by atoms with Crippen LogP contribution in [0.3, 0.4) is 0 Å². The molecule has 0 radical (unpaired) electrons. The van der Waals surface area contributed by atoms with Crippen molar-refractivity contribution < 1.29 is 22.8 Å². The minimum atomic E-state index is -0.696. The lowest BCUT2D eigenvalue weighted by Crippen LogP contribution is -2.49. The maximum Gasteiger partial charge on any atom is 0.242 e. The number of halogens is 3. The Hall–Kier alpha value is -3.29. The molecule has 5 nitrogen and oxygen atoms in total. The lowest BCUT2D eigenvalue weighted by atomic mass is 9.69. The number of aromatic amines is 1. The van der Waals surface area contributed by atoms with Gasteiger partial charge in [0.15, 0.2) is 0 Å². The third-order valence-electron chi connectivity index (χ3n) is 7.08. The molecule has 1 aromatic heterocycles. The van der Waals surface area contributed by atoms with Gasteiger partial charge in [0.2, 0.25) is 11.8 Å². The highest BCUT2D eigenvalue weighted by Crippen LogP contribution is 2.49. The molecule has 1 aliphatic heterocycles. The van der Waals surface area contributed by atoms with Crippen molar-refractivity contribution in [1.82, 2.24) is 15.2 Å². The van der Waals surface area contributed by atoms with Crippen molar-refractivity contribution in [3.05, 3.63) is 59.4 Å². The summed E-state index contributed by atoms with van der Waals surface area (Å²) in [5.74, 6) is -2.25. The van der Waals surface area contributed by atoms with Gasteiger partial charge in [-0.1, -0.05) is 0 Å². The van der Waals surface area contributed by atoms with Crippen molar-refractivity contribution >= 4 is 22.7 Å². The van der Waals surface area contributed by atoms with E-state index in [9.17, 15) is 22.8 Å². The number of hydrogen-bond donors (Lipinski definition) is 2. The summed E-state index contributed by atoms with van der Waals surface area (Å²) in [6.07, 6.45) is 2.50. The molecule has 8 heteroatoms. The number of H-pyrrole nitrogens is 1. The first-order chi connectivity index (χ1) is 16.4. The fourth-order valence-corrected chi connectivity index (χ4v) is 5.39. The van der Waals surface area contributed by atoms with Gasteiger partial charge in [0.1, 0.15) is 23.5 Å². The SMILES string of the molecule is CCNC(=O)[C@@H]1CCCN1C(=O)C1CC(c2c(-c3ccc(F)cc3)[nH]c3c(F)cc(F)cc23)C1. The van der Waals surface area contributed by atoms with E-state index in [0.717, 1.165) is 18.1 Å². The number of carbonyl (C=O) groups excluding carboxylic acids is 2. The first-order valence-electron chi connectivity index (χ1n) is 11.7. The number of carbonyl (C=O) groups is 2. The van der Waals surface area contributed by atoms with Gasteiger partial charge >= 0.3 is 0 Å². The number of aromatic nitrogens is 1. The van der Waals surface area contributed by atoms with E-state index in [1.165, 1.54) is 18.2 Å². The zero-order valence-corrected chi connectivity index (χ0v) is 18.8. The highest BCUT2D eigenvalue weighted by atomic mass is 19.1. The second kappa shape index (κ2) is 8.81. The molecular weight excluding hydrogens is 443 g/mol. The highest BCUT2D eigenvalue weighted by Gasteiger charge is 2.43. The second-order valence-electron chi connectivity index (χ2n) is 9.18. The van der Waals surface area contributed by atoms with E-state index < -0.39 is 17.7 Å². The van der Waals surface area contributed by atoms with Gasteiger partial charge in [-0.2, -0.15) is 0 Å². The van der Waals surface area contributed by atoms with Gasteiger partial charge in [-0.3, -0.25) is 9.59 Å². The van der Waals surface area contributed by atoms with Crippen molar-refractivity contribution in [3.63, 3.8) is 0 Å². The van der Waals surface area contributed by atoms with Crippen LogP contribution in [-0.2, 0) is 9.59 Å². The number of likely N-dealkylation sites (N-methyl/N-ethyl adjacent to an activating group) is 1. The van der Waals surface area contributed by atoms with Gasteiger partial charge in [-0.05, 0) is 80.0 Å². The number of hydrogen-bond acceptors (Lipinski definition) is 2. The smallest absolute Gasteiger partial charge is 0.242 e. The molecule has 2 aliphatic rings. The monoisotopic (exact) mass is 469 g/mol. The van der Waals surface area contributed by atoms with Gasteiger partial charge in [0, 0.05) is 30.5 Å². The molecular formula is C26H26F3N3O2. The van der Waals surface area contributed by atoms with Crippen molar-refractivity contribution in [2.24, 2.45) is 5.92 Å². The van der Waals surface area contributed by atoms with E-state index in [2.05, 4.69) is 10.3 Å². The van der Waals surface area contributed by atoms with E-state index >= 15 is 0 Å². The maximum atomic E-state index is 14.6. The summed E-state index contributed by atoms with van der Waals surface area (Å²) in [5, 5.41) is 3.24.